The van der Waals surface area contributed by atoms with Gasteiger partial charge in [-0.1, -0.05) is 47.2 Å². The highest BCUT2D eigenvalue weighted by atomic mass is 35.5. The molecule has 10 heteroatoms. The molecule has 2 aromatic carbocycles. The fourth-order valence-corrected chi connectivity index (χ4v) is 4.29. The van der Waals surface area contributed by atoms with Gasteiger partial charge in [-0.2, -0.15) is 0 Å². The first-order chi connectivity index (χ1) is 13.3. The average molecular weight is 455 g/mol. The van der Waals surface area contributed by atoms with Gasteiger partial charge in [0.1, 0.15) is 10.8 Å². The van der Waals surface area contributed by atoms with Crippen molar-refractivity contribution in [3.05, 3.63) is 67.0 Å². The van der Waals surface area contributed by atoms with Crippen LogP contribution in [0.3, 0.4) is 0 Å². The molecule has 0 spiro atoms. The zero-order valence-electron chi connectivity index (χ0n) is 14.3. The molecule has 2 aromatic rings. The van der Waals surface area contributed by atoms with E-state index in [1.54, 1.807) is 24.3 Å². The van der Waals surface area contributed by atoms with Crippen LogP contribution in [0.4, 0.5) is 11.4 Å². The molecule has 0 aliphatic carbocycles. The number of anilines is 1. The van der Waals surface area contributed by atoms with Gasteiger partial charge in [-0.05, 0) is 43.3 Å². The maximum absolute atomic E-state index is 12.8. The number of rotatable bonds is 5. The topological polar surface area (TPSA) is 72.7 Å². The molecule has 144 valence electrons. The molecule has 3 rings (SSSR count). The minimum atomic E-state index is -0.610. The summed E-state index contributed by atoms with van der Waals surface area (Å²) < 4.78 is 5.74. The van der Waals surface area contributed by atoms with Gasteiger partial charge in [-0.3, -0.25) is 19.8 Å². The Morgan fingerprint density at radius 1 is 1.25 bits per heavy atom. The number of carbonyl (C=O) groups excluding carboxylic acids is 1. The number of amides is 1. The number of nitro groups is 1. The van der Waals surface area contributed by atoms with Gasteiger partial charge in [-0.15, -0.1) is 0 Å². The summed E-state index contributed by atoms with van der Waals surface area (Å²) in [4.78, 5) is 25.0. The quantitative estimate of drug-likeness (QED) is 0.249. The lowest BCUT2D eigenvalue weighted by Gasteiger charge is -2.15. The Kier molecular flexibility index (Phi) is 6.24. The second-order valence-electron chi connectivity index (χ2n) is 5.53. The van der Waals surface area contributed by atoms with Gasteiger partial charge >= 0.3 is 0 Å². The Morgan fingerprint density at radius 3 is 2.54 bits per heavy atom. The van der Waals surface area contributed by atoms with Crippen LogP contribution in [0.5, 0.6) is 5.75 Å². The van der Waals surface area contributed by atoms with Crippen LogP contribution in [0, 0.1) is 10.1 Å². The zero-order valence-corrected chi connectivity index (χ0v) is 17.5. The fourth-order valence-electron chi connectivity index (χ4n) is 2.49. The molecule has 1 saturated heterocycles. The minimum Gasteiger partial charge on any atom is -0.494 e. The Balaban J connectivity index is 1.93. The molecule has 0 aromatic heterocycles. The summed E-state index contributed by atoms with van der Waals surface area (Å²) in [5.41, 5.74) is 0.617. The molecule has 1 aliphatic rings. The monoisotopic (exact) mass is 454 g/mol. The lowest BCUT2D eigenvalue weighted by atomic mass is 10.1. The number of halogens is 2. The zero-order chi connectivity index (χ0) is 20.4. The predicted molar refractivity (Wildman–Crippen MR) is 116 cm³/mol. The Hall–Kier alpha value is -2.13. The van der Waals surface area contributed by atoms with Crippen LogP contribution < -0.4 is 9.64 Å². The summed E-state index contributed by atoms with van der Waals surface area (Å²) in [5, 5.41) is 11.2. The maximum atomic E-state index is 12.8. The normalized spacial score (nSPS) is 15.4. The first-order valence-electron chi connectivity index (χ1n) is 7.96. The molecule has 0 N–H and O–H groups in total. The smallest absolute Gasteiger partial charge is 0.288 e. The highest BCUT2D eigenvalue weighted by Gasteiger charge is 2.33. The van der Waals surface area contributed by atoms with E-state index in [4.69, 9.17) is 40.2 Å². The van der Waals surface area contributed by atoms with Crippen molar-refractivity contribution in [1.82, 2.24) is 0 Å². The van der Waals surface area contributed by atoms with Gasteiger partial charge in [0.2, 0.25) is 0 Å². The van der Waals surface area contributed by atoms with Gasteiger partial charge < -0.3 is 4.74 Å². The van der Waals surface area contributed by atoms with Crippen molar-refractivity contribution >= 4 is 74.9 Å². The number of benzene rings is 2. The molecule has 1 heterocycles. The van der Waals surface area contributed by atoms with Crippen molar-refractivity contribution in [3.8, 4) is 5.75 Å². The van der Waals surface area contributed by atoms with E-state index in [1.165, 1.54) is 23.1 Å². The third-order valence-electron chi connectivity index (χ3n) is 3.75. The van der Waals surface area contributed by atoms with Gasteiger partial charge in [-0.25, -0.2) is 0 Å². The van der Waals surface area contributed by atoms with Crippen molar-refractivity contribution in [1.29, 1.82) is 0 Å². The second kappa shape index (κ2) is 8.48. The number of hydrogen-bond acceptors (Lipinski definition) is 6. The molecular weight excluding hydrogens is 443 g/mol. The molecule has 0 unspecified atom stereocenters. The van der Waals surface area contributed by atoms with E-state index in [9.17, 15) is 14.9 Å². The van der Waals surface area contributed by atoms with E-state index in [1.807, 2.05) is 6.92 Å². The average Bonchev–Trinajstić information content (AvgIpc) is 2.91. The Bertz CT molecular complexity index is 1010. The lowest BCUT2D eigenvalue weighted by Crippen LogP contribution is -2.27. The van der Waals surface area contributed by atoms with Crippen LogP contribution in [0.1, 0.15) is 12.5 Å². The highest BCUT2D eigenvalue weighted by molar-refractivity contribution is 8.27. The molecule has 28 heavy (non-hydrogen) atoms. The summed E-state index contributed by atoms with van der Waals surface area (Å²) in [5.74, 6) is 0.348. The van der Waals surface area contributed by atoms with Crippen molar-refractivity contribution < 1.29 is 14.5 Å². The minimum absolute atomic E-state index is 0.0749. The van der Waals surface area contributed by atoms with Crippen LogP contribution in [0.25, 0.3) is 6.08 Å². The highest BCUT2D eigenvalue weighted by Crippen LogP contribution is 2.39. The van der Waals surface area contributed by atoms with Gasteiger partial charge in [0, 0.05) is 16.7 Å². The predicted octanol–water partition coefficient (Wildman–Crippen LogP) is 5.71. The van der Waals surface area contributed by atoms with Crippen molar-refractivity contribution in [2.75, 3.05) is 11.5 Å². The largest absolute Gasteiger partial charge is 0.494 e. The second-order valence-corrected chi connectivity index (χ2v) is 8.02. The van der Waals surface area contributed by atoms with Crippen LogP contribution in [0.15, 0.2) is 41.3 Å². The van der Waals surface area contributed by atoms with Crippen molar-refractivity contribution in [2.45, 2.75) is 6.92 Å². The number of nitro benzene ring substituents is 1. The van der Waals surface area contributed by atoms with E-state index < -0.39 is 4.92 Å². The molecule has 0 radical (unpaired) electrons. The maximum Gasteiger partial charge on any atom is 0.288 e. The molecular formula is C18H12Cl2N2O4S2. The summed E-state index contributed by atoms with van der Waals surface area (Å²) in [7, 11) is 0. The lowest BCUT2D eigenvalue weighted by molar-refractivity contribution is -0.384. The van der Waals surface area contributed by atoms with Crippen LogP contribution in [0.2, 0.25) is 10.0 Å². The van der Waals surface area contributed by atoms with Crippen molar-refractivity contribution in [3.63, 3.8) is 0 Å². The molecule has 1 amide bonds. The summed E-state index contributed by atoms with van der Waals surface area (Å²) in [6.45, 7) is 2.42. The molecule has 0 saturated carbocycles. The first kappa shape index (κ1) is 20.6. The van der Waals surface area contributed by atoms with Crippen LogP contribution in [-0.2, 0) is 4.79 Å². The number of ether oxygens (including phenoxy) is 1. The van der Waals surface area contributed by atoms with E-state index in [0.717, 1.165) is 11.8 Å². The molecule has 0 atom stereocenters. The SMILES string of the molecule is CCOc1ccc(N2C(=O)/C(=C/c3cc([N+](=O)[O-])c(Cl)cc3Cl)SC2=S)cc1. The molecule has 6 nitrogen and oxygen atoms in total. The van der Waals surface area contributed by atoms with Gasteiger partial charge in [0.05, 0.1) is 22.1 Å². The van der Waals surface area contributed by atoms with E-state index in [0.29, 0.717) is 32.8 Å². The molecule has 1 aliphatic heterocycles. The summed E-state index contributed by atoms with van der Waals surface area (Å²) >= 11 is 18.4. The third-order valence-corrected chi connectivity index (χ3v) is 5.68. The van der Waals surface area contributed by atoms with E-state index in [2.05, 4.69) is 0 Å². The third kappa shape index (κ3) is 4.15. The number of thioether (sulfide) groups is 1. The number of hydrogen-bond donors (Lipinski definition) is 0. The van der Waals surface area contributed by atoms with Crippen LogP contribution >= 0.6 is 47.2 Å². The molecule has 0 bridgehead atoms. The van der Waals surface area contributed by atoms with Crippen molar-refractivity contribution in [2.24, 2.45) is 0 Å². The number of thiocarbonyl (C=S) groups is 1. The Labute approximate surface area is 180 Å². The Morgan fingerprint density at radius 2 is 1.93 bits per heavy atom. The van der Waals surface area contributed by atoms with Gasteiger partial charge in [0.15, 0.2) is 4.32 Å². The van der Waals surface area contributed by atoms with Gasteiger partial charge in [0.25, 0.3) is 11.6 Å². The number of nitrogens with zero attached hydrogens (tertiary/aromatic N) is 2. The van der Waals surface area contributed by atoms with E-state index in [-0.39, 0.29) is 21.6 Å². The van der Waals surface area contributed by atoms with Crippen LogP contribution in [-0.4, -0.2) is 21.8 Å². The summed E-state index contributed by atoms with van der Waals surface area (Å²) in [6.07, 6.45) is 1.47. The first-order valence-corrected chi connectivity index (χ1v) is 9.94. The fraction of sp³-hybridized carbons (Fsp3) is 0.111. The standard InChI is InChI=1S/C18H12Cl2N2O4S2/c1-2-26-12-5-3-11(4-6-12)21-17(23)16(28-18(21)27)8-10-7-15(22(24)25)14(20)9-13(10)19/h3-9H,2H2,1H3/b16-8-. The molecule has 1 fully saturated rings. The van der Waals surface area contributed by atoms with E-state index >= 15 is 0 Å². The number of carbonyl (C=O) groups is 1. The summed E-state index contributed by atoms with van der Waals surface area (Å²) in [6, 6.07) is 9.48.